The number of ether oxygens (including phenoxy) is 1. The topological polar surface area (TPSA) is 44.8 Å². The van der Waals surface area contributed by atoms with Crippen molar-refractivity contribution >= 4 is 5.91 Å². The Hall–Kier alpha value is -1.59. The lowest BCUT2D eigenvalue weighted by atomic mass is 10.1. The minimum absolute atomic E-state index is 0.0532. The minimum atomic E-state index is -0.0532. The van der Waals surface area contributed by atoms with Crippen molar-refractivity contribution in [2.24, 2.45) is 0 Å². The molecule has 0 spiro atoms. The molecule has 104 valence electrons. The summed E-state index contributed by atoms with van der Waals surface area (Å²) >= 11 is 0. The SMILES string of the molecule is COc1cccc(C2NCC(=O)N2CCN(C)C)c1. The molecule has 0 saturated carbocycles. The van der Waals surface area contributed by atoms with Crippen molar-refractivity contribution in [1.29, 1.82) is 0 Å². The quantitative estimate of drug-likeness (QED) is 0.849. The van der Waals surface area contributed by atoms with E-state index >= 15 is 0 Å². The van der Waals surface area contributed by atoms with Crippen molar-refractivity contribution in [3.05, 3.63) is 29.8 Å². The first kappa shape index (κ1) is 13.8. The van der Waals surface area contributed by atoms with E-state index in [1.54, 1.807) is 7.11 Å². The molecule has 1 amide bonds. The van der Waals surface area contributed by atoms with Crippen LogP contribution in [0.15, 0.2) is 24.3 Å². The highest BCUT2D eigenvalue weighted by Crippen LogP contribution is 2.25. The molecule has 1 fully saturated rings. The first-order valence-electron chi connectivity index (χ1n) is 6.43. The van der Waals surface area contributed by atoms with Crippen LogP contribution in [0.4, 0.5) is 0 Å². The van der Waals surface area contributed by atoms with Gasteiger partial charge < -0.3 is 14.5 Å². The molecule has 1 aromatic carbocycles. The number of carbonyl (C=O) groups is 1. The molecule has 1 N–H and O–H groups in total. The monoisotopic (exact) mass is 263 g/mol. The van der Waals surface area contributed by atoms with Crippen LogP contribution in [0.2, 0.25) is 0 Å². The maximum absolute atomic E-state index is 11.9. The van der Waals surface area contributed by atoms with Gasteiger partial charge in [0.2, 0.25) is 5.91 Å². The Balaban J connectivity index is 2.14. The van der Waals surface area contributed by atoms with Gasteiger partial charge in [-0.2, -0.15) is 0 Å². The average Bonchev–Trinajstić information content (AvgIpc) is 2.77. The summed E-state index contributed by atoms with van der Waals surface area (Å²) in [6, 6.07) is 7.84. The Kier molecular flexibility index (Phi) is 4.39. The highest BCUT2D eigenvalue weighted by Gasteiger charge is 2.31. The highest BCUT2D eigenvalue weighted by molar-refractivity contribution is 5.81. The van der Waals surface area contributed by atoms with Crippen LogP contribution in [0.3, 0.4) is 0 Å². The molecule has 1 unspecified atom stereocenters. The average molecular weight is 263 g/mol. The summed E-state index contributed by atoms with van der Waals surface area (Å²) in [5, 5.41) is 3.25. The molecule has 1 aliphatic rings. The van der Waals surface area contributed by atoms with Gasteiger partial charge in [-0.05, 0) is 31.8 Å². The number of hydrogen-bond acceptors (Lipinski definition) is 4. The molecule has 1 aromatic rings. The first-order valence-corrected chi connectivity index (χ1v) is 6.43. The number of amides is 1. The summed E-state index contributed by atoms with van der Waals surface area (Å²) in [6.45, 7) is 1.98. The molecule has 0 radical (unpaired) electrons. The van der Waals surface area contributed by atoms with E-state index in [9.17, 15) is 4.79 Å². The number of nitrogens with one attached hydrogen (secondary N) is 1. The van der Waals surface area contributed by atoms with E-state index in [-0.39, 0.29) is 12.1 Å². The lowest BCUT2D eigenvalue weighted by Crippen LogP contribution is -2.36. The number of nitrogens with zero attached hydrogens (tertiary/aromatic N) is 2. The third kappa shape index (κ3) is 3.24. The van der Waals surface area contributed by atoms with E-state index in [1.165, 1.54) is 0 Å². The van der Waals surface area contributed by atoms with Crippen LogP contribution in [0.5, 0.6) is 5.75 Å². The maximum atomic E-state index is 11.9. The summed E-state index contributed by atoms with van der Waals surface area (Å²) < 4.78 is 5.24. The van der Waals surface area contributed by atoms with Gasteiger partial charge in [-0.3, -0.25) is 10.1 Å². The Morgan fingerprint density at radius 3 is 2.95 bits per heavy atom. The number of benzene rings is 1. The molecule has 1 atom stereocenters. The van der Waals surface area contributed by atoms with Crippen molar-refractivity contribution in [2.75, 3.05) is 40.8 Å². The second kappa shape index (κ2) is 6.04. The fraction of sp³-hybridized carbons (Fsp3) is 0.500. The van der Waals surface area contributed by atoms with Gasteiger partial charge in [0, 0.05) is 13.1 Å². The maximum Gasteiger partial charge on any atom is 0.238 e. The molecule has 0 aromatic heterocycles. The molecule has 0 aliphatic carbocycles. The molecule has 5 nitrogen and oxygen atoms in total. The first-order chi connectivity index (χ1) is 9.11. The second-order valence-corrected chi connectivity index (χ2v) is 4.95. The van der Waals surface area contributed by atoms with E-state index in [1.807, 2.05) is 43.3 Å². The third-order valence-electron chi connectivity index (χ3n) is 3.28. The van der Waals surface area contributed by atoms with Gasteiger partial charge in [0.1, 0.15) is 11.9 Å². The Bertz CT molecular complexity index is 448. The second-order valence-electron chi connectivity index (χ2n) is 4.95. The molecule has 0 bridgehead atoms. The highest BCUT2D eigenvalue weighted by atomic mass is 16.5. The number of carbonyl (C=O) groups excluding carboxylic acids is 1. The van der Waals surface area contributed by atoms with Gasteiger partial charge in [0.25, 0.3) is 0 Å². The summed E-state index contributed by atoms with van der Waals surface area (Å²) in [6.07, 6.45) is -0.0532. The normalized spacial score (nSPS) is 19.3. The van der Waals surface area contributed by atoms with Gasteiger partial charge in [-0.1, -0.05) is 12.1 Å². The smallest absolute Gasteiger partial charge is 0.238 e. The predicted molar refractivity (Wildman–Crippen MR) is 74.0 cm³/mol. The standard InChI is InChI=1S/C14H21N3O2/c1-16(2)7-8-17-13(18)10-15-14(17)11-5-4-6-12(9-11)19-3/h4-6,9,14-15H,7-8,10H2,1-3H3. The van der Waals surface area contributed by atoms with E-state index in [2.05, 4.69) is 10.2 Å². The molecular weight excluding hydrogens is 242 g/mol. The summed E-state index contributed by atoms with van der Waals surface area (Å²) in [5.74, 6) is 0.959. The molecule has 1 saturated heterocycles. The Labute approximate surface area is 114 Å². The van der Waals surface area contributed by atoms with Gasteiger partial charge in [0.15, 0.2) is 0 Å². The number of rotatable bonds is 5. The largest absolute Gasteiger partial charge is 0.497 e. The fourth-order valence-corrected chi connectivity index (χ4v) is 2.21. The molecular formula is C14H21N3O2. The van der Waals surface area contributed by atoms with Gasteiger partial charge >= 0.3 is 0 Å². The fourth-order valence-electron chi connectivity index (χ4n) is 2.21. The number of methoxy groups -OCH3 is 1. The lowest BCUT2D eigenvalue weighted by molar-refractivity contribution is -0.128. The van der Waals surface area contributed by atoms with Crippen LogP contribution >= 0.6 is 0 Å². The zero-order valence-electron chi connectivity index (χ0n) is 11.7. The van der Waals surface area contributed by atoms with Gasteiger partial charge in [-0.15, -0.1) is 0 Å². The minimum Gasteiger partial charge on any atom is -0.497 e. The molecule has 5 heteroatoms. The predicted octanol–water partition coefficient (Wildman–Crippen LogP) is 0.687. The summed E-state index contributed by atoms with van der Waals surface area (Å²) in [7, 11) is 5.67. The van der Waals surface area contributed by atoms with E-state index in [4.69, 9.17) is 4.74 Å². The number of likely N-dealkylation sites (N-methyl/N-ethyl adjacent to an activating group) is 1. The van der Waals surface area contributed by atoms with Crippen molar-refractivity contribution in [3.63, 3.8) is 0 Å². The Morgan fingerprint density at radius 1 is 1.47 bits per heavy atom. The van der Waals surface area contributed by atoms with Crippen molar-refractivity contribution in [1.82, 2.24) is 15.1 Å². The number of hydrogen-bond donors (Lipinski definition) is 1. The molecule has 2 rings (SSSR count). The van der Waals surface area contributed by atoms with E-state index < -0.39 is 0 Å². The van der Waals surface area contributed by atoms with Crippen molar-refractivity contribution < 1.29 is 9.53 Å². The van der Waals surface area contributed by atoms with Crippen LogP contribution in [0.1, 0.15) is 11.7 Å². The van der Waals surface area contributed by atoms with E-state index in [0.29, 0.717) is 6.54 Å². The van der Waals surface area contributed by atoms with Crippen LogP contribution in [0, 0.1) is 0 Å². The summed E-state index contributed by atoms with van der Waals surface area (Å²) in [5.41, 5.74) is 1.06. The van der Waals surface area contributed by atoms with Crippen LogP contribution in [-0.4, -0.2) is 56.5 Å². The van der Waals surface area contributed by atoms with Gasteiger partial charge in [0.05, 0.1) is 13.7 Å². The third-order valence-corrected chi connectivity index (χ3v) is 3.28. The Morgan fingerprint density at radius 2 is 2.26 bits per heavy atom. The van der Waals surface area contributed by atoms with Crippen molar-refractivity contribution in [2.45, 2.75) is 6.17 Å². The van der Waals surface area contributed by atoms with Crippen LogP contribution in [0.25, 0.3) is 0 Å². The molecule has 19 heavy (non-hydrogen) atoms. The van der Waals surface area contributed by atoms with E-state index in [0.717, 1.165) is 24.4 Å². The van der Waals surface area contributed by atoms with Gasteiger partial charge in [-0.25, -0.2) is 0 Å². The zero-order chi connectivity index (χ0) is 13.8. The molecule has 1 heterocycles. The van der Waals surface area contributed by atoms with Crippen molar-refractivity contribution in [3.8, 4) is 5.75 Å². The zero-order valence-corrected chi connectivity index (χ0v) is 11.7. The van der Waals surface area contributed by atoms with Crippen LogP contribution < -0.4 is 10.1 Å². The van der Waals surface area contributed by atoms with Crippen LogP contribution in [-0.2, 0) is 4.79 Å². The lowest BCUT2D eigenvalue weighted by Gasteiger charge is -2.26. The summed E-state index contributed by atoms with van der Waals surface area (Å²) in [4.78, 5) is 15.9. The molecule has 1 aliphatic heterocycles.